The van der Waals surface area contributed by atoms with Crippen molar-refractivity contribution in [2.45, 2.75) is 74.9 Å². The lowest BCUT2D eigenvalue weighted by Gasteiger charge is -2.36. The van der Waals surface area contributed by atoms with E-state index in [1.165, 1.54) is 24.3 Å². The van der Waals surface area contributed by atoms with Crippen molar-refractivity contribution in [1.82, 2.24) is 5.32 Å². The van der Waals surface area contributed by atoms with Crippen LogP contribution in [0.4, 0.5) is 5.69 Å². The van der Waals surface area contributed by atoms with Crippen LogP contribution >= 0.6 is 0 Å². The monoisotopic (exact) mass is 485 g/mol. The Morgan fingerprint density at radius 1 is 0.939 bits per heavy atom. The largest absolute Gasteiger partial charge is 0.345 e. The molecule has 4 rings (SSSR count). The van der Waals surface area contributed by atoms with Crippen LogP contribution in [0.25, 0.3) is 0 Å². The van der Waals surface area contributed by atoms with E-state index in [2.05, 4.69) is 10.6 Å². The highest BCUT2D eigenvalue weighted by Crippen LogP contribution is 2.44. The molecule has 3 aliphatic rings. The summed E-state index contributed by atoms with van der Waals surface area (Å²) in [5.41, 5.74) is 0.339. The first kappa shape index (κ1) is 24.0. The summed E-state index contributed by atoms with van der Waals surface area (Å²) in [5, 5.41) is 10.1. The van der Waals surface area contributed by atoms with E-state index in [1.807, 2.05) is 0 Å². The highest BCUT2D eigenvalue weighted by atomic mass is 32.2. The Balaban J connectivity index is 1.38. The van der Waals surface area contributed by atoms with Crippen LogP contribution in [0.15, 0.2) is 29.2 Å². The van der Waals surface area contributed by atoms with Crippen molar-refractivity contribution in [1.29, 1.82) is 0 Å². The lowest BCUT2D eigenvalue weighted by molar-refractivity contribution is -0.231. The third-order valence-electron chi connectivity index (χ3n) is 5.30. The van der Waals surface area contributed by atoms with Crippen LogP contribution < -0.4 is 15.8 Å². The summed E-state index contributed by atoms with van der Waals surface area (Å²) in [6.45, 7) is 6.57. The topological polar surface area (TPSA) is 165 Å². The van der Waals surface area contributed by atoms with Gasteiger partial charge in [-0.05, 0) is 52.0 Å². The summed E-state index contributed by atoms with van der Waals surface area (Å²) >= 11 is 0. The average Bonchev–Trinajstić information content (AvgIpc) is 3.19. The number of rotatable bonds is 5. The zero-order valence-corrected chi connectivity index (χ0v) is 19.4. The predicted molar refractivity (Wildman–Crippen MR) is 112 cm³/mol. The smallest absolute Gasteiger partial charge is 0.252 e. The maximum absolute atomic E-state index is 12.9. The molecule has 4 N–H and O–H groups in total. The molecule has 182 valence electrons. The molecule has 12 nitrogen and oxygen atoms in total. The molecule has 5 unspecified atom stereocenters. The molecular formula is C20H27N3O9S. The van der Waals surface area contributed by atoms with E-state index >= 15 is 0 Å². The number of hydrogen-bond acceptors (Lipinski definition) is 9. The van der Waals surface area contributed by atoms with Gasteiger partial charge < -0.3 is 34.3 Å². The Bertz CT molecular complexity index is 1040. The molecule has 0 bridgehead atoms. The van der Waals surface area contributed by atoms with Crippen molar-refractivity contribution in [2.24, 2.45) is 5.14 Å². The van der Waals surface area contributed by atoms with Crippen molar-refractivity contribution in [3.8, 4) is 0 Å². The van der Waals surface area contributed by atoms with E-state index in [-0.39, 0.29) is 11.4 Å². The molecular weight excluding hydrogens is 458 g/mol. The van der Waals surface area contributed by atoms with Crippen LogP contribution in [0.1, 0.15) is 27.7 Å². The molecule has 0 aliphatic carbocycles. The first-order valence-corrected chi connectivity index (χ1v) is 11.9. The van der Waals surface area contributed by atoms with Gasteiger partial charge in [0.15, 0.2) is 24.0 Å². The molecule has 2 amide bonds. The van der Waals surface area contributed by atoms with Crippen molar-refractivity contribution < 1.29 is 41.7 Å². The number of sulfonamides is 1. The van der Waals surface area contributed by atoms with E-state index in [4.69, 9.17) is 28.8 Å². The van der Waals surface area contributed by atoms with Crippen LogP contribution in [0.5, 0.6) is 0 Å². The minimum Gasteiger partial charge on any atom is -0.345 e. The molecule has 3 fully saturated rings. The predicted octanol–water partition coefficient (Wildman–Crippen LogP) is -0.215. The number of nitrogens with two attached hydrogens (primary N) is 1. The number of primary sulfonamides is 1. The molecule has 3 saturated heterocycles. The number of anilines is 1. The van der Waals surface area contributed by atoms with Gasteiger partial charge in [-0.2, -0.15) is 0 Å². The summed E-state index contributed by atoms with van der Waals surface area (Å²) in [7, 11) is -3.84. The van der Waals surface area contributed by atoms with Crippen LogP contribution in [0.2, 0.25) is 0 Å². The van der Waals surface area contributed by atoms with E-state index < -0.39 is 64.1 Å². The number of benzene rings is 1. The van der Waals surface area contributed by atoms with Gasteiger partial charge >= 0.3 is 0 Å². The minimum atomic E-state index is -3.84. The number of carbonyl (C=O) groups excluding carboxylic acids is 2. The standard InChI is InChI=1S/C20H27N3O9S/c1-19(2)29-13-14(30-19)16-18(32-20(3,4)31-16)28-15(13)17(25)22-9-12(24)23-10-5-7-11(8-6-10)33(21,26)27/h5-8,13-16,18H,9H2,1-4H3,(H,22,25)(H,23,24)(H2,21,26,27). The van der Waals surface area contributed by atoms with Gasteiger partial charge in [0.05, 0.1) is 11.4 Å². The molecule has 3 heterocycles. The molecule has 0 radical (unpaired) electrons. The molecule has 1 aromatic rings. The third-order valence-corrected chi connectivity index (χ3v) is 6.23. The lowest BCUT2D eigenvalue weighted by Crippen LogP contribution is -2.59. The Kier molecular flexibility index (Phi) is 6.02. The Hall–Kier alpha value is -2.13. The van der Waals surface area contributed by atoms with Crippen LogP contribution in [0, 0.1) is 0 Å². The Morgan fingerprint density at radius 3 is 2.15 bits per heavy atom. The quantitative estimate of drug-likeness (QED) is 0.511. The summed E-state index contributed by atoms with van der Waals surface area (Å²) in [6.07, 6.45) is -3.84. The molecule has 0 saturated carbocycles. The van der Waals surface area contributed by atoms with Gasteiger partial charge in [-0.25, -0.2) is 13.6 Å². The zero-order valence-electron chi connectivity index (χ0n) is 18.6. The first-order valence-electron chi connectivity index (χ1n) is 10.3. The third kappa shape index (κ3) is 5.19. The minimum absolute atomic E-state index is 0.0842. The number of ether oxygens (including phenoxy) is 5. The van der Waals surface area contributed by atoms with Gasteiger partial charge in [-0.3, -0.25) is 9.59 Å². The van der Waals surface area contributed by atoms with Crippen molar-refractivity contribution in [2.75, 3.05) is 11.9 Å². The fourth-order valence-electron chi connectivity index (χ4n) is 4.02. The van der Waals surface area contributed by atoms with E-state index in [0.717, 1.165) is 0 Å². The van der Waals surface area contributed by atoms with Gasteiger partial charge in [-0.1, -0.05) is 0 Å². The Labute approximate surface area is 191 Å². The van der Waals surface area contributed by atoms with Gasteiger partial charge in [-0.15, -0.1) is 0 Å². The highest BCUT2D eigenvalue weighted by Gasteiger charge is 2.62. The van der Waals surface area contributed by atoms with E-state index in [1.54, 1.807) is 27.7 Å². The number of hydrogen-bond donors (Lipinski definition) is 3. The van der Waals surface area contributed by atoms with Gasteiger partial charge in [0.25, 0.3) is 5.91 Å². The summed E-state index contributed by atoms with van der Waals surface area (Å²) in [6, 6.07) is 5.30. The maximum Gasteiger partial charge on any atom is 0.252 e. The summed E-state index contributed by atoms with van der Waals surface area (Å²) in [4.78, 5) is 25.1. The molecule has 13 heteroatoms. The lowest BCUT2D eigenvalue weighted by atomic mass is 9.98. The second kappa shape index (κ2) is 8.27. The van der Waals surface area contributed by atoms with Crippen LogP contribution in [0.3, 0.4) is 0 Å². The number of fused-ring (bicyclic) bond motifs is 3. The van der Waals surface area contributed by atoms with Gasteiger partial charge in [0, 0.05) is 5.69 Å². The fourth-order valence-corrected chi connectivity index (χ4v) is 4.54. The highest BCUT2D eigenvalue weighted by molar-refractivity contribution is 7.89. The van der Waals surface area contributed by atoms with Gasteiger partial charge in [0.2, 0.25) is 15.9 Å². The number of nitrogens with one attached hydrogen (secondary N) is 2. The number of amides is 2. The van der Waals surface area contributed by atoms with E-state index in [9.17, 15) is 18.0 Å². The fraction of sp³-hybridized carbons (Fsp3) is 0.600. The second-order valence-electron chi connectivity index (χ2n) is 8.93. The summed E-state index contributed by atoms with van der Waals surface area (Å²) < 4.78 is 52.0. The van der Waals surface area contributed by atoms with Crippen LogP contribution in [-0.2, 0) is 43.3 Å². The molecule has 0 spiro atoms. The van der Waals surface area contributed by atoms with Crippen molar-refractivity contribution in [3.63, 3.8) is 0 Å². The molecule has 1 aromatic carbocycles. The second-order valence-corrected chi connectivity index (χ2v) is 10.5. The molecule has 5 atom stereocenters. The summed E-state index contributed by atoms with van der Waals surface area (Å²) in [5.74, 6) is -2.97. The molecule has 33 heavy (non-hydrogen) atoms. The van der Waals surface area contributed by atoms with Crippen LogP contribution in [-0.4, -0.2) is 69.1 Å². The average molecular weight is 486 g/mol. The normalized spacial score (nSPS) is 32.0. The van der Waals surface area contributed by atoms with Gasteiger partial charge in [0.1, 0.15) is 18.3 Å². The SMILES string of the molecule is CC1(C)OC2OC(C(=O)NCC(=O)Nc3ccc(S(N)(=O)=O)cc3)C3OC(C)(C)OC3C2O1. The number of carbonyl (C=O) groups is 2. The first-order chi connectivity index (χ1) is 15.2. The van der Waals surface area contributed by atoms with Crippen molar-refractivity contribution in [3.05, 3.63) is 24.3 Å². The molecule has 3 aliphatic heterocycles. The maximum atomic E-state index is 12.9. The zero-order chi connectivity index (χ0) is 24.2. The van der Waals surface area contributed by atoms with E-state index in [0.29, 0.717) is 5.69 Å². The Morgan fingerprint density at radius 2 is 1.52 bits per heavy atom. The molecule has 0 aromatic heterocycles. The van der Waals surface area contributed by atoms with Crippen molar-refractivity contribution >= 4 is 27.5 Å².